The zero-order chi connectivity index (χ0) is 16.8. The zero-order valence-corrected chi connectivity index (χ0v) is 14.0. The van der Waals surface area contributed by atoms with Crippen LogP contribution in [-0.4, -0.2) is 50.7 Å². The van der Waals surface area contributed by atoms with Gasteiger partial charge in [-0.15, -0.1) is 0 Å². The van der Waals surface area contributed by atoms with E-state index in [2.05, 4.69) is 24.6 Å². The molecule has 0 radical (unpaired) electrons. The van der Waals surface area contributed by atoms with Gasteiger partial charge in [-0.05, 0) is 23.3 Å². The molecule has 0 atom stereocenters. The molecule has 0 aliphatic carbocycles. The summed E-state index contributed by atoms with van der Waals surface area (Å²) in [6, 6.07) is 18.0. The van der Waals surface area contributed by atoms with Gasteiger partial charge in [0.1, 0.15) is 5.75 Å². The van der Waals surface area contributed by atoms with Crippen molar-refractivity contribution >= 4 is 5.91 Å². The van der Waals surface area contributed by atoms with Crippen LogP contribution in [0.15, 0.2) is 54.6 Å². The summed E-state index contributed by atoms with van der Waals surface area (Å²) >= 11 is 0. The molecule has 3 rings (SSSR count). The number of nitrogens with one attached hydrogen (secondary N) is 2. The number of hydrogen-bond acceptors (Lipinski definition) is 3. The predicted molar refractivity (Wildman–Crippen MR) is 93.7 cm³/mol. The van der Waals surface area contributed by atoms with Crippen molar-refractivity contribution in [2.24, 2.45) is 0 Å². The average Bonchev–Trinajstić information content (AvgIpc) is 2.63. The van der Waals surface area contributed by atoms with Gasteiger partial charge in [0, 0.05) is 0 Å². The summed E-state index contributed by atoms with van der Waals surface area (Å²) in [6.45, 7) is 3.88. The lowest BCUT2D eigenvalue weighted by Gasteiger charge is -2.29. The normalized spacial score (nSPS) is 15.9. The SMILES string of the molecule is C[NH+]1CCN(NC(=O)COc2ccc(-c3ccccc3)cc2)CC1. The molecule has 1 fully saturated rings. The van der Waals surface area contributed by atoms with Crippen molar-refractivity contribution in [1.82, 2.24) is 10.4 Å². The number of benzene rings is 2. The monoisotopic (exact) mass is 326 g/mol. The highest BCUT2D eigenvalue weighted by Crippen LogP contribution is 2.21. The van der Waals surface area contributed by atoms with E-state index in [1.165, 1.54) is 10.5 Å². The van der Waals surface area contributed by atoms with Crippen molar-refractivity contribution in [3.63, 3.8) is 0 Å². The van der Waals surface area contributed by atoms with Gasteiger partial charge < -0.3 is 9.64 Å². The van der Waals surface area contributed by atoms with E-state index in [-0.39, 0.29) is 12.5 Å². The number of quaternary nitrogens is 1. The minimum absolute atomic E-state index is 0.0316. The molecule has 24 heavy (non-hydrogen) atoms. The molecule has 1 saturated heterocycles. The van der Waals surface area contributed by atoms with Gasteiger partial charge in [0.05, 0.1) is 33.2 Å². The maximum Gasteiger partial charge on any atom is 0.272 e. The number of likely N-dealkylation sites (N-methyl/N-ethyl adjacent to an activating group) is 1. The molecule has 1 aliphatic rings. The van der Waals surface area contributed by atoms with Crippen LogP contribution in [0.5, 0.6) is 5.75 Å². The number of ether oxygens (including phenoxy) is 1. The summed E-state index contributed by atoms with van der Waals surface area (Å²) in [7, 11) is 2.17. The van der Waals surface area contributed by atoms with Crippen LogP contribution in [-0.2, 0) is 4.79 Å². The summed E-state index contributed by atoms with van der Waals surface area (Å²) < 4.78 is 5.58. The van der Waals surface area contributed by atoms with Gasteiger partial charge in [0.25, 0.3) is 5.91 Å². The van der Waals surface area contributed by atoms with Gasteiger partial charge >= 0.3 is 0 Å². The Kier molecular flexibility index (Phi) is 5.46. The molecule has 1 aliphatic heterocycles. The van der Waals surface area contributed by atoms with E-state index < -0.39 is 0 Å². The van der Waals surface area contributed by atoms with Crippen molar-refractivity contribution in [3.8, 4) is 16.9 Å². The fourth-order valence-corrected chi connectivity index (χ4v) is 2.73. The van der Waals surface area contributed by atoms with Crippen molar-refractivity contribution in [2.75, 3.05) is 39.8 Å². The van der Waals surface area contributed by atoms with Crippen LogP contribution in [0.2, 0.25) is 0 Å². The maximum atomic E-state index is 12.0. The highest BCUT2D eigenvalue weighted by Gasteiger charge is 2.18. The third-order valence-electron chi connectivity index (χ3n) is 4.23. The second-order valence-corrected chi connectivity index (χ2v) is 6.16. The first-order valence-corrected chi connectivity index (χ1v) is 8.35. The quantitative estimate of drug-likeness (QED) is 0.846. The molecule has 2 N–H and O–H groups in total. The number of rotatable bonds is 5. The van der Waals surface area contributed by atoms with E-state index >= 15 is 0 Å². The first-order valence-electron chi connectivity index (χ1n) is 8.35. The number of piperazine rings is 1. The largest absolute Gasteiger partial charge is 0.484 e. The molecule has 0 saturated carbocycles. The van der Waals surface area contributed by atoms with Crippen molar-refractivity contribution in [3.05, 3.63) is 54.6 Å². The standard InChI is InChI=1S/C19H23N3O2/c1-21-11-13-22(14-12-21)20-19(23)15-24-18-9-7-17(8-10-18)16-5-3-2-4-6-16/h2-10H,11-15H2,1H3,(H,20,23)/p+1. The molecule has 0 spiro atoms. The lowest BCUT2D eigenvalue weighted by molar-refractivity contribution is -0.884. The van der Waals surface area contributed by atoms with Crippen molar-refractivity contribution < 1.29 is 14.4 Å². The highest BCUT2D eigenvalue weighted by atomic mass is 16.5. The van der Waals surface area contributed by atoms with Gasteiger partial charge in [0.2, 0.25) is 0 Å². The lowest BCUT2D eigenvalue weighted by atomic mass is 10.1. The lowest BCUT2D eigenvalue weighted by Crippen LogP contribution is -3.12. The molecular formula is C19H24N3O2+. The Morgan fingerprint density at radius 3 is 2.33 bits per heavy atom. The fourth-order valence-electron chi connectivity index (χ4n) is 2.73. The summed E-state index contributed by atoms with van der Waals surface area (Å²) in [5.41, 5.74) is 5.20. The third-order valence-corrected chi connectivity index (χ3v) is 4.23. The van der Waals surface area contributed by atoms with Crippen LogP contribution in [0.25, 0.3) is 11.1 Å². The number of carbonyl (C=O) groups excluding carboxylic acids is 1. The fraction of sp³-hybridized carbons (Fsp3) is 0.316. The Bertz CT molecular complexity index is 650. The summed E-state index contributed by atoms with van der Waals surface area (Å²) in [4.78, 5) is 13.5. The average molecular weight is 326 g/mol. The summed E-state index contributed by atoms with van der Waals surface area (Å²) in [5.74, 6) is 0.592. The molecule has 0 aromatic heterocycles. The molecule has 5 nitrogen and oxygen atoms in total. The van der Waals surface area contributed by atoms with Crippen molar-refractivity contribution in [1.29, 1.82) is 0 Å². The molecule has 1 amide bonds. The topological polar surface area (TPSA) is 46.0 Å². The summed E-state index contributed by atoms with van der Waals surface area (Å²) in [6.07, 6.45) is 0. The van der Waals surface area contributed by atoms with Crippen LogP contribution >= 0.6 is 0 Å². The van der Waals surface area contributed by atoms with Crippen LogP contribution in [0.4, 0.5) is 0 Å². The second kappa shape index (κ2) is 7.95. The molecule has 0 bridgehead atoms. The first-order chi connectivity index (χ1) is 11.7. The van der Waals surface area contributed by atoms with E-state index in [9.17, 15) is 4.79 Å². The smallest absolute Gasteiger partial charge is 0.272 e. The second-order valence-electron chi connectivity index (χ2n) is 6.16. The third kappa shape index (κ3) is 4.57. The molecule has 126 valence electrons. The van der Waals surface area contributed by atoms with Gasteiger partial charge in [-0.1, -0.05) is 42.5 Å². The Labute approximate surface area is 142 Å². The number of hydrogen-bond donors (Lipinski definition) is 2. The van der Waals surface area contributed by atoms with E-state index in [4.69, 9.17) is 4.74 Å². The zero-order valence-electron chi connectivity index (χ0n) is 14.0. The van der Waals surface area contributed by atoms with Crippen molar-refractivity contribution in [2.45, 2.75) is 0 Å². The van der Waals surface area contributed by atoms with E-state index in [0.29, 0.717) is 5.75 Å². The number of carbonyl (C=O) groups is 1. The Morgan fingerprint density at radius 1 is 1.04 bits per heavy atom. The number of nitrogens with zero attached hydrogens (tertiary/aromatic N) is 1. The van der Waals surface area contributed by atoms with E-state index in [0.717, 1.165) is 31.7 Å². The molecule has 2 aromatic carbocycles. The first kappa shape index (κ1) is 16.5. The van der Waals surface area contributed by atoms with Crippen LogP contribution in [0.1, 0.15) is 0 Å². The Morgan fingerprint density at radius 2 is 1.67 bits per heavy atom. The molecular weight excluding hydrogens is 302 g/mol. The molecule has 1 heterocycles. The minimum Gasteiger partial charge on any atom is -0.484 e. The van der Waals surface area contributed by atoms with Crippen LogP contribution in [0, 0.1) is 0 Å². The van der Waals surface area contributed by atoms with E-state index in [1.54, 1.807) is 0 Å². The van der Waals surface area contributed by atoms with Gasteiger partial charge in [0.15, 0.2) is 6.61 Å². The predicted octanol–water partition coefficient (Wildman–Crippen LogP) is 0.594. The van der Waals surface area contributed by atoms with Gasteiger partial charge in [-0.3, -0.25) is 10.2 Å². The Balaban J connectivity index is 1.47. The molecule has 0 unspecified atom stereocenters. The molecule has 5 heteroatoms. The molecule has 2 aromatic rings. The number of amides is 1. The number of hydrazine groups is 1. The van der Waals surface area contributed by atoms with Gasteiger partial charge in [-0.2, -0.15) is 0 Å². The van der Waals surface area contributed by atoms with Crippen LogP contribution in [0.3, 0.4) is 0 Å². The highest BCUT2D eigenvalue weighted by molar-refractivity contribution is 5.77. The Hall–Kier alpha value is -2.37. The minimum atomic E-state index is -0.110. The van der Waals surface area contributed by atoms with Gasteiger partial charge in [-0.25, -0.2) is 5.01 Å². The van der Waals surface area contributed by atoms with Crippen LogP contribution < -0.4 is 15.1 Å². The van der Waals surface area contributed by atoms with E-state index in [1.807, 2.05) is 47.5 Å². The summed E-state index contributed by atoms with van der Waals surface area (Å²) in [5, 5.41) is 1.97. The maximum absolute atomic E-state index is 12.0.